The highest BCUT2D eigenvalue weighted by Gasteiger charge is 2.15. The average Bonchev–Trinajstić information content (AvgIpc) is 3.43. The number of hydrogen-bond donors (Lipinski definition) is 3. The summed E-state index contributed by atoms with van der Waals surface area (Å²) in [5.41, 5.74) is 6.92. The van der Waals surface area contributed by atoms with E-state index < -0.39 is 0 Å². The lowest BCUT2D eigenvalue weighted by atomic mass is 10.00. The van der Waals surface area contributed by atoms with Gasteiger partial charge in [-0.1, -0.05) is 73.8 Å². The van der Waals surface area contributed by atoms with Crippen LogP contribution in [0.2, 0.25) is 0 Å². The van der Waals surface area contributed by atoms with E-state index in [9.17, 15) is 9.59 Å². The van der Waals surface area contributed by atoms with Crippen LogP contribution in [0, 0.1) is 13.8 Å². The van der Waals surface area contributed by atoms with Crippen molar-refractivity contribution in [2.75, 3.05) is 31.1 Å². The van der Waals surface area contributed by atoms with Gasteiger partial charge in [-0.3, -0.25) is 9.59 Å². The van der Waals surface area contributed by atoms with Crippen molar-refractivity contribution in [3.05, 3.63) is 117 Å². The summed E-state index contributed by atoms with van der Waals surface area (Å²) in [7, 11) is 1.75. The summed E-state index contributed by atoms with van der Waals surface area (Å²) < 4.78 is 3.33. The van der Waals surface area contributed by atoms with Crippen molar-refractivity contribution >= 4 is 40.8 Å². The molecule has 0 aliphatic rings. The van der Waals surface area contributed by atoms with E-state index in [1.165, 1.54) is 28.0 Å². The zero-order chi connectivity index (χ0) is 31.9. The molecule has 0 aliphatic carbocycles. The van der Waals surface area contributed by atoms with Gasteiger partial charge >= 0.3 is 0 Å². The van der Waals surface area contributed by atoms with Crippen LogP contribution in [0.5, 0.6) is 0 Å². The Balaban J connectivity index is 0.000000662. The summed E-state index contributed by atoms with van der Waals surface area (Å²) in [6.07, 6.45) is 2.83. The molecular weight excluding hydrogens is 587 g/mol. The number of hydrogen-bond acceptors (Lipinski definition) is 7. The molecule has 0 atom stereocenters. The summed E-state index contributed by atoms with van der Waals surface area (Å²) in [5.74, 6) is 0.156. The fourth-order valence-electron chi connectivity index (χ4n) is 4.38. The monoisotopic (exact) mass is 631 g/mol. The maximum absolute atomic E-state index is 12.9. The number of thiazole rings is 1. The van der Waals surface area contributed by atoms with Gasteiger partial charge in [0, 0.05) is 54.3 Å². The first-order valence-electron chi connectivity index (χ1n) is 14.9. The Hall–Kier alpha value is -3.66. The number of nitrogens with one attached hydrogen (secondary N) is 3. The zero-order valence-electron chi connectivity index (χ0n) is 26.6. The fraction of sp³-hybridized carbons (Fsp3) is 0.343. The van der Waals surface area contributed by atoms with Crippen LogP contribution in [0.25, 0.3) is 0 Å². The summed E-state index contributed by atoms with van der Waals surface area (Å²) in [6.45, 7) is 11.0. The smallest absolute Gasteiger partial charge is 0.253 e. The predicted molar refractivity (Wildman–Crippen MR) is 187 cm³/mol. The van der Waals surface area contributed by atoms with E-state index in [1.807, 2.05) is 36.8 Å². The Kier molecular flexibility index (Phi) is 14.4. The quantitative estimate of drug-likeness (QED) is 0.105. The van der Waals surface area contributed by atoms with Crippen LogP contribution in [0.15, 0.2) is 78.2 Å². The second-order valence-electron chi connectivity index (χ2n) is 11.0. The number of aryl methyl sites for hydroxylation is 2. The Morgan fingerprint density at radius 2 is 1.70 bits per heavy atom. The van der Waals surface area contributed by atoms with Crippen molar-refractivity contribution in [2.45, 2.75) is 53.1 Å². The number of amides is 2. The molecule has 3 aromatic carbocycles. The Bertz CT molecular complexity index is 1470. The topological polar surface area (TPSA) is 86.4 Å². The number of aromatic nitrogens is 1. The van der Waals surface area contributed by atoms with Crippen molar-refractivity contribution in [1.82, 2.24) is 20.5 Å². The third-order valence-electron chi connectivity index (χ3n) is 6.74. The minimum atomic E-state index is -0.176. The molecule has 4 aromatic rings. The van der Waals surface area contributed by atoms with Crippen LogP contribution in [0.4, 0.5) is 5.69 Å². The molecule has 0 spiro atoms. The van der Waals surface area contributed by atoms with Crippen molar-refractivity contribution in [2.24, 2.45) is 0 Å². The maximum atomic E-state index is 12.9. The minimum Gasteiger partial charge on any atom is -0.352 e. The van der Waals surface area contributed by atoms with Crippen molar-refractivity contribution in [3.8, 4) is 0 Å². The van der Waals surface area contributed by atoms with Crippen molar-refractivity contribution < 1.29 is 9.59 Å². The molecule has 2 amide bonds. The molecule has 0 bridgehead atoms. The van der Waals surface area contributed by atoms with Gasteiger partial charge in [0.2, 0.25) is 0 Å². The second-order valence-corrected chi connectivity index (χ2v) is 12.5. The number of benzene rings is 3. The zero-order valence-corrected chi connectivity index (χ0v) is 28.3. The summed E-state index contributed by atoms with van der Waals surface area (Å²) >= 11 is 3.13. The molecule has 0 radical (unpaired) electrons. The number of carbonyl (C=O) groups excluding carboxylic acids is 2. The van der Waals surface area contributed by atoms with Gasteiger partial charge < -0.3 is 20.3 Å². The van der Waals surface area contributed by atoms with Gasteiger partial charge in [0.1, 0.15) is 5.01 Å². The normalized spacial score (nSPS) is 10.6. The molecular formula is C35H45N5O2S2. The summed E-state index contributed by atoms with van der Waals surface area (Å²) in [4.78, 5) is 31.6. The first kappa shape index (κ1) is 34.8. The molecule has 0 saturated carbocycles. The molecule has 0 aliphatic heterocycles. The van der Waals surface area contributed by atoms with Gasteiger partial charge in [0.05, 0.1) is 6.54 Å². The summed E-state index contributed by atoms with van der Waals surface area (Å²) in [6, 6.07) is 23.7. The molecule has 1 aromatic heterocycles. The predicted octanol–water partition coefficient (Wildman–Crippen LogP) is 7.44. The largest absolute Gasteiger partial charge is 0.352 e. The third kappa shape index (κ3) is 11.8. The molecule has 0 unspecified atom stereocenters. The standard InChI is InChI=1S/C28H37N5O2S2.C7H8/c1-19(2)24-12-21(13-25(15-24)32-36-5)16-29-10-7-11-30-27(34)22-8-6-9-23(14-22)28(35)33(4)17-26-31-20(3)18-37-26;1-7-5-3-2-4-6-7/h6,8-9,12-15,18-19,29,32H,7,10-11,16-17H2,1-5H3,(H,30,34);2-6H,1H3. The number of rotatable bonds is 13. The fourth-order valence-corrected chi connectivity index (χ4v) is 5.56. The molecule has 44 heavy (non-hydrogen) atoms. The van der Waals surface area contributed by atoms with E-state index in [4.69, 9.17) is 0 Å². The van der Waals surface area contributed by atoms with E-state index in [2.05, 4.69) is 71.4 Å². The highest BCUT2D eigenvalue weighted by atomic mass is 32.2. The molecule has 1 heterocycles. The van der Waals surface area contributed by atoms with E-state index in [0.717, 1.165) is 35.9 Å². The molecule has 4 rings (SSSR count). The number of nitrogens with zero attached hydrogens (tertiary/aromatic N) is 2. The van der Waals surface area contributed by atoms with Gasteiger partial charge in [-0.25, -0.2) is 4.98 Å². The highest BCUT2D eigenvalue weighted by Crippen LogP contribution is 2.23. The molecule has 0 fully saturated rings. The lowest BCUT2D eigenvalue weighted by Gasteiger charge is -2.16. The lowest BCUT2D eigenvalue weighted by molar-refractivity contribution is 0.0785. The van der Waals surface area contributed by atoms with E-state index in [-0.39, 0.29) is 11.8 Å². The molecule has 7 nitrogen and oxygen atoms in total. The molecule has 234 valence electrons. The van der Waals surface area contributed by atoms with Crippen LogP contribution in [0.3, 0.4) is 0 Å². The van der Waals surface area contributed by atoms with Gasteiger partial charge in [-0.15, -0.1) is 11.3 Å². The molecule has 9 heteroatoms. The first-order valence-corrected chi connectivity index (χ1v) is 17.0. The van der Waals surface area contributed by atoms with Gasteiger partial charge in [0.25, 0.3) is 11.8 Å². The second kappa shape index (κ2) is 18.2. The van der Waals surface area contributed by atoms with Crippen LogP contribution in [-0.4, -0.2) is 48.1 Å². The SMILES string of the molecule is CSNc1cc(CNCCCNC(=O)c2cccc(C(=O)N(C)Cc3nc(C)cs3)c2)cc(C(C)C)c1.Cc1ccccc1. The summed E-state index contributed by atoms with van der Waals surface area (Å²) in [5, 5.41) is 9.29. The highest BCUT2D eigenvalue weighted by molar-refractivity contribution is 7.99. The van der Waals surface area contributed by atoms with E-state index in [0.29, 0.717) is 30.1 Å². The van der Waals surface area contributed by atoms with Crippen LogP contribution in [-0.2, 0) is 13.1 Å². The molecule has 3 N–H and O–H groups in total. The first-order chi connectivity index (χ1) is 21.2. The maximum Gasteiger partial charge on any atom is 0.253 e. The van der Waals surface area contributed by atoms with Crippen LogP contribution in [0.1, 0.15) is 74.3 Å². The Morgan fingerprint density at radius 3 is 2.34 bits per heavy atom. The van der Waals surface area contributed by atoms with Crippen molar-refractivity contribution in [3.63, 3.8) is 0 Å². The van der Waals surface area contributed by atoms with Gasteiger partial charge in [-0.05, 0) is 74.2 Å². The number of carbonyl (C=O) groups is 2. The Morgan fingerprint density at radius 1 is 0.955 bits per heavy atom. The van der Waals surface area contributed by atoms with Crippen molar-refractivity contribution in [1.29, 1.82) is 0 Å². The number of anilines is 1. The minimum absolute atomic E-state index is 0.135. The average molecular weight is 632 g/mol. The van der Waals surface area contributed by atoms with Gasteiger partial charge in [-0.2, -0.15) is 0 Å². The van der Waals surface area contributed by atoms with E-state index >= 15 is 0 Å². The Labute approximate surface area is 271 Å². The van der Waals surface area contributed by atoms with Gasteiger partial charge in [0.15, 0.2) is 0 Å². The van der Waals surface area contributed by atoms with Crippen LogP contribution >= 0.6 is 23.3 Å². The van der Waals surface area contributed by atoms with E-state index in [1.54, 1.807) is 48.2 Å². The van der Waals surface area contributed by atoms with Crippen LogP contribution < -0.4 is 15.4 Å². The lowest BCUT2D eigenvalue weighted by Crippen LogP contribution is -2.28. The third-order valence-corrected chi connectivity index (χ3v) is 8.14. The molecule has 0 saturated heterocycles.